The number of aromatic nitrogens is 1. The van der Waals surface area contributed by atoms with Crippen LogP contribution in [0.2, 0.25) is 5.02 Å². The SMILES string of the molecule is O=Cc1cccc(-c2cc(Cl)ccc2O)n1. The number of hydrogen-bond donors (Lipinski definition) is 1. The van der Waals surface area contributed by atoms with Gasteiger partial charge in [0, 0.05) is 10.6 Å². The maximum absolute atomic E-state index is 10.6. The Morgan fingerprint density at radius 3 is 2.81 bits per heavy atom. The van der Waals surface area contributed by atoms with Crippen LogP contribution in [-0.4, -0.2) is 16.4 Å². The van der Waals surface area contributed by atoms with Crippen molar-refractivity contribution in [3.05, 3.63) is 47.1 Å². The van der Waals surface area contributed by atoms with E-state index in [9.17, 15) is 9.90 Å². The summed E-state index contributed by atoms with van der Waals surface area (Å²) in [6, 6.07) is 9.69. The van der Waals surface area contributed by atoms with Gasteiger partial charge in [-0.05, 0) is 30.3 Å². The second-order valence-electron chi connectivity index (χ2n) is 3.23. The molecule has 4 heteroatoms. The number of pyridine rings is 1. The van der Waals surface area contributed by atoms with Crippen LogP contribution in [0.4, 0.5) is 0 Å². The number of benzene rings is 1. The number of halogens is 1. The van der Waals surface area contributed by atoms with Crippen molar-refractivity contribution < 1.29 is 9.90 Å². The van der Waals surface area contributed by atoms with Crippen LogP contribution in [0.15, 0.2) is 36.4 Å². The van der Waals surface area contributed by atoms with Crippen molar-refractivity contribution in [3.63, 3.8) is 0 Å². The standard InChI is InChI=1S/C12H8ClNO2/c13-8-4-5-12(16)10(6-8)11-3-1-2-9(7-15)14-11/h1-7,16H. The number of phenolic OH excluding ortho intramolecular Hbond substituents is 1. The molecule has 0 spiro atoms. The van der Waals surface area contributed by atoms with Crippen LogP contribution in [0.25, 0.3) is 11.3 Å². The smallest absolute Gasteiger partial charge is 0.168 e. The maximum atomic E-state index is 10.6. The monoisotopic (exact) mass is 233 g/mol. The first kappa shape index (κ1) is 10.6. The largest absolute Gasteiger partial charge is 0.507 e. The van der Waals surface area contributed by atoms with E-state index in [1.54, 1.807) is 30.3 Å². The number of carbonyl (C=O) groups excluding carboxylic acids is 1. The van der Waals surface area contributed by atoms with Gasteiger partial charge in [0.25, 0.3) is 0 Å². The molecule has 1 aromatic heterocycles. The van der Waals surface area contributed by atoms with Crippen LogP contribution in [0.5, 0.6) is 5.75 Å². The minimum Gasteiger partial charge on any atom is -0.507 e. The van der Waals surface area contributed by atoms with E-state index in [-0.39, 0.29) is 5.75 Å². The normalized spacial score (nSPS) is 10.1. The van der Waals surface area contributed by atoms with Crippen LogP contribution in [0, 0.1) is 0 Å². The van der Waals surface area contributed by atoms with Crippen molar-refractivity contribution >= 4 is 17.9 Å². The zero-order chi connectivity index (χ0) is 11.5. The van der Waals surface area contributed by atoms with E-state index in [4.69, 9.17) is 11.6 Å². The summed E-state index contributed by atoms with van der Waals surface area (Å²) in [5, 5.41) is 10.2. The molecule has 1 N–H and O–H groups in total. The summed E-state index contributed by atoms with van der Waals surface area (Å²) in [6.45, 7) is 0. The first-order chi connectivity index (χ1) is 7.70. The van der Waals surface area contributed by atoms with Crippen molar-refractivity contribution in [1.29, 1.82) is 0 Å². The fourth-order valence-electron chi connectivity index (χ4n) is 1.38. The molecule has 0 aliphatic carbocycles. The minimum atomic E-state index is 0.0833. The molecular formula is C12H8ClNO2. The van der Waals surface area contributed by atoms with E-state index in [0.717, 1.165) is 0 Å². The van der Waals surface area contributed by atoms with E-state index in [1.807, 2.05) is 0 Å². The average Bonchev–Trinajstić information content (AvgIpc) is 2.32. The van der Waals surface area contributed by atoms with Crippen molar-refractivity contribution in [1.82, 2.24) is 4.98 Å². The van der Waals surface area contributed by atoms with E-state index in [1.165, 1.54) is 6.07 Å². The molecule has 0 aliphatic heterocycles. The van der Waals surface area contributed by atoms with E-state index < -0.39 is 0 Å². The molecule has 0 fully saturated rings. The van der Waals surface area contributed by atoms with Gasteiger partial charge in [-0.15, -0.1) is 0 Å². The number of phenols is 1. The lowest BCUT2D eigenvalue weighted by Gasteiger charge is -2.04. The Hall–Kier alpha value is -1.87. The summed E-state index contributed by atoms with van der Waals surface area (Å²) < 4.78 is 0. The molecule has 3 nitrogen and oxygen atoms in total. The molecule has 2 rings (SSSR count). The molecule has 1 aromatic carbocycles. The molecule has 0 radical (unpaired) electrons. The molecule has 0 saturated heterocycles. The summed E-state index contributed by atoms with van der Waals surface area (Å²) in [4.78, 5) is 14.7. The van der Waals surface area contributed by atoms with Gasteiger partial charge in [-0.1, -0.05) is 17.7 Å². The van der Waals surface area contributed by atoms with Gasteiger partial charge in [-0.2, -0.15) is 0 Å². The Labute approximate surface area is 97.3 Å². The highest BCUT2D eigenvalue weighted by atomic mass is 35.5. The van der Waals surface area contributed by atoms with Crippen LogP contribution in [-0.2, 0) is 0 Å². The van der Waals surface area contributed by atoms with Gasteiger partial charge >= 0.3 is 0 Å². The number of carbonyl (C=O) groups is 1. The molecule has 80 valence electrons. The molecule has 0 saturated carbocycles. The van der Waals surface area contributed by atoms with Crippen LogP contribution < -0.4 is 0 Å². The molecule has 2 aromatic rings. The third kappa shape index (κ3) is 2.04. The highest BCUT2D eigenvalue weighted by Crippen LogP contribution is 2.30. The van der Waals surface area contributed by atoms with Crippen LogP contribution >= 0.6 is 11.6 Å². The second kappa shape index (κ2) is 4.33. The van der Waals surface area contributed by atoms with Gasteiger partial charge in [0.05, 0.1) is 5.69 Å². The van der Waals surface area contributed by atoms with Crippen molar-refractivity contribution in [2.75, 3.05) is 0 Å². The molecule has 0 unspecified atom stereocenters. The van der Waals surface area contributed by atoms with Crippen molar-refractivity contribution in [3.8, 4) is 17.0 Å². The first-order valence-corrected chi connectivity index (χ1v) is 4.99. The van der Waals surface area contributed by atoms with Gasteiger partial charge in [-0.3, -0.25) is 4.79 Å². The van der Waals surface area contributed by atoms with Crippen molar-refractivity contribution in [2.45, 2.75) is 0 Å². The minimum absolute atomic E-state index is 0.0833. The number of aldehydes is 1. The van der Waals surface area contributed by atoms with Gasteiger partial charge < -0.3 is 5.11 Å². The molecular weight excluding hydrogens is 226 g/mol. The average molecular weight is 234 g/mol. The highest BCUT2D eigenvalue weighted by Gasteiger charge is 2.06. The Bertz CT molecular complexity index is 540. The number of rotatable bonds is 2. The summed E-state index contributed by atoms with van der Waals surface area (Å²) >= 11 is 5.83. The Morgan fingerprint density at radius 2 is 2.06 bits per heavy atom. The molecule has 16 heavy (non-hydrogen) atoms. The zero-order valence-electron chi connectivity index (χ0n) is 8.22. The molecule has 0 aliphatic rings. The molecule has 0 bridgehead atoms. The number of hydrogen-bond acceptors (Lipinski definition) is 3. The van der Waals surface area contributed by atoms with Crippen LogP contribution in [0.3, 0.4) is 0 Å². The predicted molar refractivity (Wildman–Crippen MR) is 61.7 cm³/mol. The fraction of sp³-hybridized carbons (Fsp3) is 0. The molecule has 0 atom stereocenters. The van der Waals surface area contributed by atoms with Gasteiger partial charge in [0.2, 0.25) is 0 Å². The molecule has 0 amide bonds. The number of nitrogens with zero attached hydrogens (tertiary/aromatic N) is 1. The van der Waals surface area contributed by atoms with Crippen molar-refractivity contribution in [2.24, 2.45) is 0 Å². The first-order valence-electron chi connectivity index (χ1n) is 4.62. The second-order valence-corrected chi connectivity index (χ2v) is 3.66. The maximum Gasteiger partial charge on any atom is 0.168 e. The Kier molecular flexibility index (Phi) is 2.88. The highest BCUT2D eigenvalue weighted by molar-refractivity contribution is 6.30. The lowest BCUT2D eigenvalue weighted by atomic mass is 10.1. The van der Waals surface area contributed by atoms with Gasteiger partial charge in [-0.25, -0.2) is 4.98 Å². The Morgan fingerprint density at radius 1 is 1.25 bits per heavy atom. The lowest BCUT2D eigenvalue weighted by Crippen LogP contribution is -1.90. The summed E-state index contributed by atoms with van der Waals surface area (Å²) in [5.41, 5.74) is 1.35. The quantitative estimate of drug-likeness (QED) is 0.812. The molecule has 1 heterocycles. The zero-order valence-corrected chi connectivity index (χ0v) is 8.98. The van der Waals surface area contributed by atoms with Crippen LogP contribution in [0.1, 0.15) is 10.5 Å². The summed E-state index contributed by atoms with van der Waals surface area (Å²) in [7, 11) is 0. The van der Waals surface area contributed by atoms with E-state index in [2.05, 4.69) is 4.98 Å². The fourth-order valence-corrected chi connectivity index (χ4v) is 1.55. The topological polar surface area (TPSA) is 50.2 Å². The van der Waals surface area contributed by atoms with Gasteiger partial charge in [0.1, 0.15) is 11.4 Å². The third-order valence-electron chi connectivity index (χ3n) is 2.13. The summed E-state index contributed by atoms with van der Waals surface area (Å²) in [6.07, 6.45) is 0.658. The Balaban J connectivity index is 2.57. The van der Waals surface area contributed by atoms with Gasteiger partial charge in [0.15, 0.2) is 6.29 Å². The summed E-state index contributed by atoms with van der Waals surface area (Å²) in [5.74, 6) is 0.0833. The lowest BCUT2D eigenvalue weighted by molar-refractivity contribution is 0.111. The predicted octanol–water partition coefficient (Wildman–Crippen LogP) is 2.92. The van der Waals surface area contributed by atoms with E-state index in [0.29, 0.717) is 28.3 Å². The van der Waals surface area contributed by atoms with E-state index >= 15 is 0 Å². The third-order valence-corrected chi connectivity index (χ3v) is 2.36. The number of aromatic hydroxyl groups is 1.